The SMILES string of the molecule is CC1CN(c2ccc(CNC(=O)Nc3ccccc3-n3cccn3)cn2)CC(C)O1. The number of morpholine rings is 1. The number of rotatable bonds is 5. The third kappa shape index (κ3) is 4.77. The third-order valence-corrected chi connectivity index (χ3v) is 4.91. The predicted octanol–water partition coefficient (Wildman–Crippen LogP) is 3.20. The molecule has 2 N–H and O–H groups in total. The first kappa shape index (κ1) is 19.9. The second-order valence-electron chi connectivity index (χ2n) is 7.46. The van der Waals surface area contributed by atoms with Gasteiger partial charge in [0, 0.05) is 38.2 Å². The number of anilines is 2. The average Bonchev–Trinajstić information content (AvgIpc) is 3.27. The van der Waals surface area contributed by atoms with Crippen LogP contribution in [-0.4, -0.2) is 46.1 Å². The molecule has 4 rings (SSSR count). The zero-order valence-corrected chi connectivity index (χ0v) is 17.2. The molecule has 0 aliphatic carbocycles. The molecule has 1 aliphatic rings. The monoisotopic (exact) mass is 406 g/mol. The van der Waals surface area contributed by atoms with Crippen LogP contribution in [0.5, 0.6) is 0 Å². The standard InChI is InChI=1S/C22H26N6O2/c1-16-14-27(15-17(2)30-16)21-9-8-18(12-23-21)13-24-22(29)26-19-6-3-4-7-20(19)28-11-5-10-25-28/h3-12,16-17H,13-15H2,1-2H3,(H2,24,26,29). The van der Waals surface area contributed by atoms with Gasteiger partial charge in [0.05, 0.1) is 23.6 Å². The summed E-state index contributed by atoms with van der Waals surface area (Å²) in [4.78, 5) is 19.2. The summed E-state index contributed by atoms with van der Waals surface area (Å²) in [7, 11) is 0. The Bertz CT molecular complexity index is 964. The molecule has 0 spiro atoms. The van der Waals surface area contributed by atoms with Crippen molar-refractivity contribution in [1.82, 2.24) is 20.1 Å². The van der Waals surface area contributed by atoms with Gasteiger partial charge in [-0.05, 0) is 43.7 Å². The van der Waals surface area contributed by atoms with Crippen LogP contribution in [0.4, 0.5) is 16.3 Å². The van der Waals surface area contributed by atoms with Crippen molar-refractivity contribution >= 4 is 17.5 Å². The third-order valence-electron chi connectivity index (χ3n) is 4.91. The first-order chi connectivity index (χ1) is 14.6. The van der Waals surface area contributed by atoms with Crippen LogP contribution < -0.4 is 15.5 Å². The summed E-state index contributed by atoms with van der Waals surface area (Å²) in [5, 5.41) is 10.00. The fraction of sp³-hybridized carbons (Fsp3) is 0.318. The van der Waals surface area contributed by atoms with Gasteiger partial charge in [-0.3, -0.25) is 0 Å². The van der Waals surface area contributed by atoms with Gasteiger partial charge in [0.15, 0.2) is 0 Å². The molecule has 1 saturated heterocycles. The van der Waals surface area contributed by atoms with E-state index < -0.39 is 0 Å². The second-order valence-corrected chi connectivity index (χ2v) is 7.46. The molecule has 2 unspecified atom stereocenters. The van der Waals surface area contributed by atoms with Gasteiger partial charge in [0.1, 0.15) is 5.82 Å². The van der Waals surface area contributed by atoms with Crippen molar-refractivity contribution in [2.45, 2.75) is 32.6 Å². The van der Waals surface area contributed by atoms with Crippen molar-refractivity contribution in [2.75, 3.05) is 23.3 Å². The molecule has 8 nitrogen and oxygen atoms in total. The van der Waals surface area contributed by atoms with Crippen LogP contribution in [-0.2, 0) is 11.3 Å². The van der Waals surface area contributed by atoms with E-state index in [2.05, 4.69) is 39.5 Å². The lowest BCUT2D eigenvalue weighted by atomic mass is 10.2. The molecular weight excluding hydrogens is 380 g/mol. The molecule has 2 amide bonds. The van der Waals surface area contributed by atoms with Crippen LogP contribution >= 0.6 is 0 Å². The van der Waals surface area contributed by atoms with Crippen molar-refractivity contribution in [2.24, 2.45) is 0 Å². The maximum atomic E-state index is 12.4. The number of hydrogen-bond acceptors (Lipinski definition) is 5. The van der Waals surface area contributed by atoms with E-state index in [1.165, 1.54) is 0 Å². The van der Waals surface area contributed by atoms with Crippen LogP contribution in [0.3, 0.4) is 0 Å². The number of nitrogens with one attached hydrogen (secondary N) is 2. The summed E-state index contributed by atoms with van der Waals surface area (Å²) >= 11 is 0. The fourth-order valence-electron chi connectivity index (χ4n) is 3.61. The lowest BCUT2D eigenvalue weighted by molar-refractivity contribution is -0.00546. The number of ether oxygens (including phenoxy) is 1. The molecule has 2 atom stereocenters. The van der Waals surface area contributed by atoms with E-state index in [1.807, 2.05) is 48.7 Å². The molecule has 1 fully saturated rings. The highest BCUT2D eigenvalue weighted by Crippen LogP contribution is 2.20. The molecule has 3 aromatic rings. The molecule has 0 saturated carbocycles. The fourth-order valence-corrected chi connectivity index (χ4v) is 3.61. The van der Waals surface area contributed by atoms with Gasteiger partial charge in [-0.1, -0.05) is 18.2 Å². The zero-order chi connectivity index (χ0) is 20.9. The first-order valence-corrected chi connectivity index (χ1v) is 10.1. The van der Waals surface area contributed by atoms with Gasteiger partial charge in [0.25, 0.3) is 0 Å². The number of hydrogen-bond donors (Lipinski definition) is 2. The maximum absolute atomic E-state index is 12.4. The highest BCUT2D eigenvalue weighted by atomic mass is 16.5. The van der Waals surface area contributed by atoms with E-state index in [0.29, 0.717) is 12.2 Å². The second kappa shape index (κ2) is 8.96. The van der Waals surface area contributed by atoms with Gasteiger partial charge in [-0.2, -0.15) is 5.10 Å². The number of carbonyl (C=O) groups excluding carboxylic acids is 1. The Morgan fingerprint density at radius 3 is 2.63 bits per heavy atom. The van der Waals surface area contributed by atoms with Crippen molar-refractivity contribution in [3.05, 3.63) is 66.6 Å². The summed E-state index contributed by atoms with van der Waals surface area (Å²) in [6.45, 7) is 6.19. The molecule has 156 valence electrons. The Hall–Kier alpha value is -3.39. The average molecular weight is 406 g/mol. The highest BCUT2D eigenvalue weighted by Gasteiger charge is 2.23. The van der Waals surface area contributed by atoms with Crippen molar-refractivity contribution in [3.63, 3.8) is 0 Å². The highest BCUT2D eigenvalue weighted by molar-refractivity contribution is 5.91. The molecule has 0 radical (unpaired) electrons. The maximum Gasteiger partial charge on any atom is 0.319 e. The van der Waals surface area contributed by atoms with E-state index in [1.54, 1.807) is 17.1 Å². The van der Waals surface area contributed by atoms with Crippen LogP contribution in [0.15, 0.2) is 61.1 Å². The Morgan fingerprint density at radius 1 is 1.13 bits per heavy atom. The first-order valence-electron chi connectivity index (χ1n) is 10.1. The van der Waals surface area contributed by atoms with Gasteiger partial charge >= 0.3 is 6.03 Å². The quantitative estimate of drug-likeness (QED) is 0.680. The van der Waals surface area contributed by atoms with Gasteiger partial charge in [-0.25, -0.2) is 14.5 Å². The molecule has 30 heavy (non-hydrogen) atoms. The number of para-hydroxylation sites is 2. The predicted molar refractivity (Wildman–Crippen MR) is 116 cm³/mol. The van der Waals surface area contributed by atoms with Crippen LogP contribution in [0.2, 0.25) is 0 Å². The lowest BCUT2D eigenvalue weighted by Crippen LogP contribution is -2.45. The number of pyridine rings is 1. The Kier molecular flexibility index (Phi) is 5.94. The Balaban J connectivity index is 1.34. The van der Waals surface area contributed by atoms with Crippen molar-refractivity contribution in [3.8, 4) is 5.69 Å². The number of aromatic nitrogens is 3. The smallest absolute Gasteiger partial charge is 0.319 e. The number of amides is 2. The van der Waals surface area contributed by atoms with Crippen molar-refractivity contribution in [1.29, 1.82) is 0 Å². The summed E-state index contributed by atoms with van der Waals surface area (Å²) in [5.41, 5.74) is 2.42. The normalized spacial score (nSPS) is 18.8. The number of carbonyl (C=O) groups is 1. The van der Waals surface area contributed by atoms with Crippen LogP contribution in [0.1, 0.15) is 19.4 Å². The molecule has 3 heterocycles. The van der Waals surface area contributed by atoms with Crippen molar-refractivity contribution < 1.29 is 9.53 Å². The lowest BCUT2D eigenvalue weighted by Gasteiger charge is -2.36. The summed E-state index contributed by atoms with van der Waals surface area (Å²) in [6, 6.07) is 13.1. The van der Waals surface area contributed by atoms with E-state index in [9.17, 15) is 4.79 Å². The van der Waals surface area contributed by atoms with E-state index >= 15 is 0 Å². The summed E-state index contributed by atoms with van der Waals surface area (Å²) in [5.74, 6) is 0.929. The van der Waals surface area contributed by atoms with E-state index in [0.717, 1.165) is 30.2 Å². The summed E-state index contributed by atoms with van der Waals surface area (Å²) < 4.78 is 7.49. The minimum absolute atomic E-state index is 0.185. The minimum atomic E-state index is -0.283. The van der Waals surface area contributed by atoms with E-state index in [4.69, 9.17) is 4.74 Å². The molecule has 8 heteroatoms. The molecular formula is C22H26N6O2. The molecule has 1 aromatic carbocycles. The molecule has 0 bridgehead atoms. The summed E-state index contributed by atoms with van der Waals surface area (Å²) in [6.07, 6.45) is 5.71. The van der Waals surface area contributed by atoms with Gasteiger partial charge in [-0.15, -0.1) is 0 Å². The molecule has 2 aromatic heterocycles. The zero-order valence-electron chi connectivity index (χ0n) is 17.2. The number of benzene rings is 1. The van der Waals surface area contributed by atoms with Gasteiger partial charge in [0.2, 0.25) is 0 Å². The Labute approximate surface area is 175 Å². The molecule has 1 aliphatic heterocycles. The van der Waals surface area contributed by atoms with E-state index in [-0.39, 0.29) is 18.2 Å². The minimum Gasteiger partial charge on any atom is -0.372 e. The largest absolute Gasteiger partial charge is 0.372 e. The van der Waals surface area contributed by atoms with Crippen LogP contribution in [0, 0.1) is 0 Å². The topological polar surface area (TPSA) is 84.3 Å². The van der Waals surface area contributed by atoms with Crippen LogP contribution in [0.25, 0.3) is 5.69 Å². The van der Waals surface area contributed by atoms with Gasteiger partial charge < -0.3 is 20.3 Å². The number of urea groups is 1. The number of nitrogens with zero attached hydrogens (tertiary/aromatic N) is 4. The Morgan fingerprint density at radius 2 is 1.93 bits per heavy atom.